The molecule has 1 N–H and O–H groups in total. The molecule has 0 aromatic heterocycles. The van der Waals surface area contributed by atoms with Gasteiger partial charge in [0.1, 0.15) is 5.75 Å². The third-order valence-corrected chi connectivity index (χ3v) is 3.33. The van der Waals surface area contributed by atoms with Crippen molar-refractivity contribution in [1.82, 2.24) is 5.32 Å². The smallest absolute Gasteiger partial charge is 0.118 e. The van der Waals surface area contributed by atoms with Crippen LogP contribution in [-0.4, -0.2) is 33.9 Å². The quantitative estimate of drug-likeness (QED) is 0.660. The van der Waals surface area contributed by atoms with Crippen LogP contribution in [0, 0.1) is 5.92 Å². The predicted octanol–water partition coefficient (Wildman–Crippen LogP) is 2.89. The van der Waals surface area contributed by atoms with Gasteiger partial charge >= 0.3 is 0 Å². The van der Waals surface area contributed by atoms with Crippen molar-refractivity contribution in [2.45, 2.75) is 26.2 Å². The number of nitrogens with one attached hydrogen (secondary N) is 1. The highest BCUT2D eigenvalue weighted by atomic mass is 16.5. The van der Waals surface area contributed by atoms with Crippen molar-refractivity contribution in [2.75, 3.05) is 33.9 Å². The van der Waals surface area contributed by atoms with Crippen molar-refractivity contribution in [3.8, 4) is 5.75 Å². The van der Waals surface area contributed by atoms with Crippen LogP contribution in [0.2, 0.25) is 0 Å². The maximum absolute atomic E-state index is 5.19. The fourth-order valence-electron chi connectivity index (χ4n) is 2.24. The molecule has 108 valence electrons. The Kier molecular flexibility index (Phi) is 8.26. The second-order valence-corrected chi connectivity index (χ2v) is 4.86. The average molecular weight is 265 g/mol. The Balaban J connectivity index is 2.48. The highest BCUT2D eigenvalue weighted by molar-refractivity contribution is 5.27. The Hall–Kier alpha value is -1.06. The molecular formula is C16H27NO2. The fourth-order valence-corrected chi connectivity index (χ4v) is 2.24. The standard InChI is InChI=1S/C16H27NO2/c1-4-17-13-15(6-5-11-18-2)12-14-7-9-16(19-3)10-8-14/h7-10,15,17H,4-6,11-13H2,1-3H3. The molecule has 0 aliphatic rings. The summed E-state index contributed by atoms with van der Waals surface area (Å²) in [5.74, 6) is 1.59. The van der Waals surface area contributed by atoms with E-state index in [0.717, 1.165) is 38.3 Å². The van der Waals surface area contributed by atoms with Crippen LogP contribution in [0.15, 0.2) is 24.3 Å². The Morgan fingerprint density at radius 1 is 1.16 bits per heavy atom. The minimum atomic E-state index is 0.670. The molecule has 0 saturated carbocycles. The number of rotatable bonds is 10. The van der Waals surface area contributed by atoms with Crippen LogP contribution in [0.1, 0.15) is 25.3 Å². The summed E-state index contributed by atoms with van der Waals surface area (Å²) >= 11 is 0. The largest absolute Gasteiger partial charge is 0.497 e. The first-order valence-corrected chi connectivity index (χ1v) is 7.12. The summed E-state index contributed by atoms with van der Waals surface area (Å²) in [7, 11) is 3.47. The van der Waals surface area contributed by atoms with Crippen molar-refractivity contribution < 1.29 is 9.47 Å². The molecule has 0 radical (unpaired) electrons. The van der Waals surface area contributed by atoms with Gasteiger partial charge in [-0.15, -0.1) is 0 Å². The molecule has 3 nitrogen and oxygen atoms in total. The molecule has 3 heteroatoms. The first-order chi connectivity index (χ1) is 9.30. The van der Waals surface area contributed by atoms with E-state index in [-0.39, 0.29) is 0 Å². The first-order valence-electron chi connectivity index (χ1n) is 7.12. The molecule has 1 rings (SSSR count). The van der Waals surface area contributed by atoms with Gasteiger partial charge < -0.3 is 14.8 Å². The normalized spacial score (nSPS) is 12.4. The van der Waals surface area contributed by atoms with Crippen LogP contribution >= 0.6 is 0 Å². The summed E-state index contributed by atoms with van der Waals surface area (Å²) in [6.45, 7) is 5.11. The minimum Gasteiger partial charge on any atom is -0.497 e. The number of ether oxygens (including phenoxy) is 2. The number of hydrogen-bond acceptors (Lipinski definition) is 3. The van der Waals surface area contributed by atoms with Crippen molar-refractivity contribution in [3.05, 3.63) is 29.8 Å². The van der Waals surface area contributed by atoms with Crippen LogP contribution in [0.3, 0.4) is 0 Å². The van der Waals surface area contributed by atoms with E-state index in [0.29, 0.717) is 5.92 Å². The van der Waals surface area contributed by atoms with E-state index < -0.39 is 0 Å². The lowest BCUT2D eigenvalue weighted by molar-refractivity contribution is 0.186. The molecule has 0 aliphatic heterocycles. The molecule has 0 aliphatic carbocycles. The predicted molar refractivity (Wildman–Crippen MR) is 79.8 cm³/mol. The van der Waals surface area contributed by atoms with Gasteiger partial charge in [-0.3, -0.25) is 0 Å². The van der Waals surface area contributed by atoms with Crippen LogP contribution in [-0.2, 0) is 11.2 Å². The molecule has 0 spiro atoms. The number of hydrogen-bond donors (Lipinski definition) is 1. The lowest BCUT2D eigenvalue weighted by Gasteiger charge is -2.17. The zero-order chi connectivity index (χ0) is 13.9. The number of benzene rings is 1. The van der Waals surface area contributed by atoms with Crippen LogP contribution in [0.4, 0.5) is 0 Å². The molecule has 1 aromatic rings. The molecule has 1 unspecified atom stereocenters. The van der Waals surface area contributed by atoms with Crippen LogP contribution in [0.25, 0.3) is 0 Å². The molecule has 1 atom stereocenters. The molecule has 1 aromatic carbocycles. The van der Waals surface area contributed by atoms with E-state index in [4.69, 9.17) is 9.47 Å². The van der Waals surface area contributed by atoms with Crippen molar-refractivity contribution in [2.24, 2.45) is 5.92 Å². The zero-order valence-electron chi connectivity index (χ0n) is 12.4. The average Bonchev–Trinajstić information content (AvgIpc) is 2.45. The fraction of sp³-hybridized carbons (Fsp3) is 0.625. The highest BCUT2D eigenvalue weighted by Crippen LogP contribution is 2.17. The summed E-state index contributed by atoms with van der Waals surface area (Å²) < 4.78 is 10.3. The molecule has 0 amide bonds. The molecule has 0 heterocycles. The van der Waals surface area contributed by atoms with E-state index in [1.165, 1.54) is 12.0 Å². The highest BCUT2D eigenvalue weighted by Gasteiger charge is 2.09. The molecular weight excluding hydrogens is 238 g/mol. The van der Waals surface area contributed by atoms with Crippen molar-refractivity contribution in [3.63, 3.8) is 0 Å². The zero-order valence-corrected chi connectivity index (χ0v) is 12.4. The Labute approximate surface area is 117 Å². The summed E-state index contributed by atoms with van der Waals surface area (Å²) in [5.41, 5.74) is 1.38. The van der Waals surface area contributed by atoms with E-state index in [1.807, 2.05) is 12.1 Å². The van der Waals surface area contributed by atoms with Crippen molar-refractivity contribution in [1.29, 1.82) is 0 Å². The first kappa shape index (κ1) is 16.0. The van der Waals surface area contributed by atoms with Gasteiger partial charge in [-0.1, -0.05) is 19.1 Å². The number of methoxy groups -OCH3 is 2. The summed E-state index contributed by atoms with van der Waals surface area (Å²) in [4.78, 5) is 0. The van der Waals surface area contributed by atoms with Gasteiger partial charge in [0, 0.05) is 13.7 Å². The van der Waals surface area contributed by atoms with Gasteiger partial charge in [0.05, 0.1) is 7.11 Å². The molecule has 19 heavy (non-hydrogen) atoms. The van der Waals surface area contributed by atoms with Gasteiger partial charge in [0.25, 0.3) is 0 Å². The lowest BCUT2D eigenvalue weighted by Crippen LogP contribution is -2.24. The Morgan fingerprint density at radius 2 is 1.89 bits per heavy atom. The molecule has 0 fully saturated rings. The topological polar surface area (TPSA) is 30.5 Å². The maximum atomic E-state index is 5.19. The van der Waals surface area contributed by atoms with E-state index in [2.05, 4.69) is 24.4 Å². The van der Waals surface area contributed by atoms with Gasteiger partial charge in [-0.05, 0) is 56.0 Å². The second kappa shape index (κ2) is 9.82. The van der Waals surface area contributed by atoms with E-state index in [1.54, 1.807) is 14.2 Å². The van der Waals surface area contributed by atoms with Gasteiger partial charge in [-0.25, -0.2) is 0 Å². The van der Waals surface area contributed by atoms with Gasteiger partial charge in [0.2, 0.25) is 0 Å². The van der Waals surface area contributed by atoms with E-state index in [9.17, 15) is 0 Å². The summed E-state index contributed by atoms with van der Waals surface area (Å²) in [5, 5.41) is 3.45. The van der Waals surface area contributed by atoms with E-state index >= 15 is 0 Å². The third-order valence-electron chi connectivity index (χ3n) is 3.33. The SMILES string of the molecule is CCNCC(CCCOC)Cc1ccc(OC)cc1. The maximum Gasteiger partial charge on any atom is 0.118 e. The second-order valence-electron chi connectivity index (χ2n) is 4.86. The Bertz CT molecular complexity index is 324. The van der Waals surface area contributed by atoms with Gasteiger partial charge in [-0.2, -0.15) is 0 Å². The van der Waals surface area contributed by atoms with Gasteiger partial charge in [0.15, 0.2) is 0 Å². The molecule has 0 saturated heterocycles. The van der Waals surface area contributed by atoms with Crippen molar-refractivity contribution >= 4 is 0 Å². The Morgan fingerprint density at radius 3 is 2.47 bits per heavy atom. The van der Waals surface area contributed by atoms with Crippen LogP contribution < -0.4 is 10.1 Å². The van der Waals surface area contributed by atoms with Crippen LogP contribution in [0.5, 0.6) is 5.75 Å². The summed E-state index contributed by atoms with van der Waals surface area (Å²) in [6.07, 6.45) is 3.44. The minimum absolute atomic E-state index is 0.670. The summed E-state index contributed by atoms with van der Waals surface area (Å²) in [6, 6.07) is 8.39. The third kappa shape index (κ3) is 6.60. The molecule has 0 bridgehead atoms. The monoisotopic (exact) mass is 265 g/mol. The lowest BCUT2D eigenvalue weighted by atomic mass is 9.94.